The number of nitrogens with zero attached hydrogens (tertiary/aromatic N) is 2. The topological polar surface area (TPSA) is 71.4 Å². The summed E-state index contributed by atoms with van der Waals surface area (Å²) in [5, 5.41) is 3.15. The van der Waals surface area contributed by atoms with Gasteiger partial charge >= 0.3 is 0 Å². The van der Waals surface area contributed by atoms with Crippen molar-refractivity contribution in [2.45, 2.75) is 59.0 Å². The van der Waals surface area contributed by atoms with E-state index in [0.717, 1.165) is 38.0 Å². The van der Waals surface area contributed by atoms with E-state index in [4.69, 9.17) is 0 Å². The fourth-order valence-electron chi connectivity index (χ4n) is 5.61. The molecule has 1 saturated heterocycles. The molecule has 1 aliphatic heterocycles. The second-order valence-electron chi connectivity index (χ2n) is 11.4. The van der Waals surface area contributed by atoms with Gasteiger partial charge in [0.2, 0.25) is 0 Å². The Morgan fingerprint density at radius 3 is 2.32 bits per heavy atom. The molecule has 1 N–H and O–H groups in total. The number of carbonyl (C=O) groups excluding carboxylic acids is 2. The lowest BCUT2D eigenvalue weighted by Crippen LogP contribution is -2.46. The number of benzene rings is 2. The van der Waals surface area contributed by atoms with Gasteiger partial charge in [-0.2, -0.15) is 0 Å². The third-order valence-corrected chi connectivity index (χ3v) is 7.62. The molecule has 6 nitrogen and oxygen atoms in total. The minimum atomic E-state index is -0.368. The monoisotopic (exact) mass is 497 g/mol. The molecule has 192 valence electrons. The molecular formula is C31H35N3O3. The number of carbonyl (C=O) groups is 2. The molecule has 0 saturated carbocycles. The van der Waals surface area contributed by atoms with Gasteiger partial charge in [-0.3, -0.25) is 23.9 Å². The number of piperidine rings is 1. The Balaban J connectivity index is 1.41. The quantitative estimate of drug-likeness (QED) is 0.555. The van der Waals surface area contributed by atoms with Crippen LogP contribution in [-0.4, -0.2) is 40.3 Å². The zero-order chi connectivity index (χ0) is 26.2. The molecule has 3 aromatic rings. The first-order valence-corrected chi connectivity index (χ1v) is 13.2. The first kappa shape index (κ1) is 25.2. The van der Waals surface area contributed by atoms with Crippen LogP contribution < -0.4 is 10.9 Å². The highest BCUT2D eigenvalue weighted by atomic mass is 16.2. The molecule has 1 fully saturated rings. The number of fused-ring (bicyclic) bond motifs is 1. The fraction of sp³-hybridized carbons (Fsp3) is 0.387. The number of aromatic nitrogens is 1. The van der Waals surface area contributed by atoms with Crippen LogP contribution in [0.3, 0.4) is 0 Å². The molecule has 2 aromatic carbocycles. The Morgan fingerprint density at radius 1 is 0.973 bits per heavy atom. The highest BCUT2D eigenvalue weighted by Crippen LogP contribution is 2.36. The van der Waals surface area contributed by atoms with Crippen LogP contribution in [0, 0.1) is 12.3 Å². The molecular weight excluding hydrogens is 462 g/mol. The van der Waals surface area contributed by atoms with Crippen molar-refractivity contribution in [3.8, 4) is 5.69 Å². The number of pyridine rings is 1. The second kappa shape index (κ2) is 10.1. The summed E-state index contributed by atoms with van der Waals surface area (Å²) in [5.41, 5.74) is 3.53. The molecule has 6 heteroatoms. The van der Waals surface area contributed by atoms with Crippen molar-refractivity contribution in [3.63, 3.8) is 0 Å². The number of hydrogen-bond acceptors (Lipinski definition) is 4. The number of hydrogen-bond donors (Lipinski definition) is 1. The number of nitrogens with one attached hydrogen (secondary N) is 1. The Labute approximate surface area is 218 Å². The van der Waals surface area contributed by atoms with Crippen molar-refractivity contribution < 1.29 is 9.59 Å². The van der Waals surface area contributed by atoms with Gasteiger partial charge in [0.05, 0.1) is 0 Å². The molecule has 2 aliphatic rings. The summed E-state index contributed by atoms with van der Waals surface area (Å²) in [6.45, 7) is 8.67. The maximum atomic E-state index is 13.8. The van der Waals surface area contributed by atoms with Crippen LogP contribution in [0.5, 0.6) is 0 Å². The van der Waals surface area contributed by atoms with Gasteiger partial charge in [0.1, 0.15) is 5.56 Å². The lowest BCUT2D eigenvalue weighted by molar-refractivity contribution is 0.0898. The second-order valence-corrected chi connectivity index (χ2v) is 11.4. The van der Waals surface area contributed by atoms with E-state index in [2.05, 4.69) is 34.5 Å². The number of ketones is 1. The third kappa shape index (κ3) is 5.44. The van der Waals surface area contributed by atoms with Crippen molar-refractivity contribution in [2.24, 2.45) is 5.41 Å². The van der Waals surface area contributed by atoms with Crippen molar-refractivity contribution in [1.82, 2.24) is 14.8 Å². The maximum absolute atomic E-state index is 13.8. The normalized spacial score (nSPS) is 17.9. The lowest BCUT2D eigenvalue weighted by atomic mass is 9.73. The van der Waals surface area contributed by atoms with Gasteiger partial charge in [-0.25, -0.2) is 0 Å². The summed E-state index contributed by atoms with van der Waals surface area (Å²) in [6, 6.07) is 17.9. The lowest BCUT2D eigenvalue weighted by Gasteiger charge is -2.34. The van der Waals surface area contributed by atoms with Crippen molar-refractivity contribution >= 4 is 11.7 Å². The molecule has 0 spiro atoms. The van der Waals surface area contributed by atoms with Crippen LogP contribution in [0.4, 0.5) is 0 Å². The van der Waals surface area contributed by atoms with E-state index in [0.29, 0.717) is 29.7 Å². The highest BCUT2D eigenvalue weighted by molar-refractivity contribution is 6.04. The first-order valence-electron chi connectivity index (χ1n) is 13.2. The summed E-state index contributed by atoms with van der Waals surface area (Å²) in [6.07, 6.45) is 4.20. The Kier molecular flexibility index (Phi) is 6.86. The summed E-state index contributed by atoms with van der Waals surface area (Å²) in [7, 11) is 0. The minimum absolute atomic E-state index is 0.00472. The average Bonchev–Trinajstić information content (AvgIpc) is 2.85. The highest BCUT2D eigenvalue weighted by Gasteiger charge is 2.36. The molecule has 37 heavy (non-hydrogen) atoms. The Hall–Kier alpha value is -3.51. The van der Waals surface area contributed by atoms with Crippen LogP contribution in [0.15, 0.2) is 65.6 Å². The van der Waals surface area contributed by atoms with Gasteiger partial charge in [-0.1, -0.05) is 61.9 Å². The van der Waals surface area contributed by atoms with Crippen molar-refractivity contribution in [2.75, 3.05) is 13.1 Å². The smallest absolute Gasteiger partial charge is 0.268 e. The van der Waals surface area contributed by atoms with Crippen molar-refractivity contribution in [3.05, 3.63) is 99.0 Å². The SMILES string of the molecule is Cc1ccc(-n2cc3c(c(C(=O)NC4CCN(Cc5ccccc5)CC4)c2=O)CC(C)(C)CC3=O)cc1. The van der Waals surface area contributed by atoms with Gasteiger partial charge in [0.25, 0.3) is 11.5 Å². The molecule has 0 bridgehead atoms. The largest absolute Gasteiger partial charge is 0.349 e. The van der Waals surface area contributed by atoms with Gasteiger partial charge < -0.3 is 5.32 Å². The number of Topliss-reactive ketones (excluding diaryl/α,β-unsaturated/α-hetero) is 1. The molecule has 0 unspecified atom stereocenters. The minimum Gasteiger partial charge on any atom is -0.349 e. The Bertz CT molecular complexity index is 1370. The van der Waals surface area contributed by atoms with E-state index in [1.54, 1.807) is 6.20 Å². The molecule has 1 aromatic heterocycles. The zero-order valence-corrected chi connectivity index (χ0v) is 21.9. The summed E-state index contributed by atoms with van der Waals surface area (Å²) >= 11 is 0. The van der Waals surface area contributed by atoms with Crippen LogP contribution in [0.2, 0.25) is 0 Å². The van der Waals surface area contributed by atoms with Crippen LogP contribution >= 0.6 is 0 Å². The van der Waals surface area contributed by atoms with E-state index < -0.39 is 0 Å². The first-order chi connectivity index (χ1) is 17.7. The van der Waals surface area contributed by atoms with Crippen LogP contribution in [0.25, 0.3) is 5.69 Å². The van der Waals surface area contributed by atoms with Gasteiger partial charge in [-0.05, 0) is 54.9 Å². The van der Waals surface area contributed by atoms with E-state index in [-0.39, 0.29) is 34.3 Å². The third-order valence-electron chi connectivity index (χ3n) is 7.62. The Morgan fingerprint density at radius 2 is 1.65 bits per heavy atom. The van der Waals surface area contributed by atoms with Gasteiger partial charge in [0, 0.05) is 49.5 Å². The van der Waals surface area contributed by atoms with E-state index in [1.165, 1.54) is 10.1 Å². The standard InChI is InChI=1S/C31H35N3O3/c1-21-9-11-24(12-10-21)34-20-26-25(17-31(2,3)18-27(26)35)28(30(34)37)29(36)32-23-13-15-33(16-14-23)19-22-7-5-4-6-8-22/h4-12,20,23H,13-19H2,1-3H3,(H,32,36). The van der Waals surface area contributed by atoms with Crippen molar-refractivity contribution in [1.29, 1.82) is 0 Å². The van der Waals surface area contributed by atoms with Gasteiger partial charge in [-0.15, -0.1) is 0 Å². The van der Waals surface area contributed by atoms with E-state index in [9.17, 15) is 14.4 Å². The number of aryl methyl sites for hydroxylation is 1. The predicted octanol–water partition coefficient (Wildman–Crippen LogP) is 4.70. The average molecular weight is 498 g/mol. The van der Waals surface area contributed by atoms with E-state index >= 15 is 0 Å². The predicted molar refractivity (Wildman–Crippen MR) is 145 cm³/mol. The molecule has 1 aliphatic carbocycles. The fourth-order valence-corrected chi connectivity index (χ4v) is 5.61. The maximum Gasteiger partial charge on any atom is 0.268 e. The molecule has 1 amide bonds. The molecule has 0 atom stereocenters. The summed E-state index contributed by atoms with van der Waals surface area (Å²) < 4.78 is 1.46. The van der Waals surface area contributed by atoms with E-state index in [1.807, 2.05) is 51.1 Å². The number of amides is 1. The molecule has 5 rings (SSSR count). The number of likely N-dealkylation sites (tertiary alicyclic amines) is 1. The zero-order valence-electron chi connectivity index (χ0n) is 21.9. The molecule has 2 heterocycles. The summed E-state index contributed by atoms with van der Waals surface area (Å²) in [5.74, 6) is -0.384. The summed E-state index contributed by atoms with van der Waals surface area (Å²) in [4.78, 5) is 43.0. The molecule has 0 radical (unpaired) electrons. The van der Waals surface area contributed by atoms with Crippen LogP contribution in [-0.2, 0) is 13.0 Å². The van der Waals surface area contributed by atoms with Gasteiger partial charge in [0.15, 0.2) is 5.78 Å². The number of rotatable bonds is 5. The van der Waals surface area contributed by atoms with Crippen LogP contribution in [0.1, 0.15) is 70.5 Å².